The van der Waals surface area contributed by atoms with Crippen LogP contribution in [0, 0.1) is 5.82 Å². The molecule has 0 aromatic heterocycles. The topological polar surface area (TPSA) is 57.2 Å². The Hall–Kier alpha value is -2.15. The highest BCUT2D eigenvalue weighted by Crippen LogP contribution is 2.25. The van der Waals surface area contributed by atoms with Crippen LogP contribution in [0.5, 0.6) is 0 Å². The summed E-state index contributed by atoms with van der Waals surface area (Å²) >= 11 is 0. The van der Waals surface area contributed by atoms with E-state index < -0.39 is 0 Å². The van der Waals surface area contributed by atoms with Gasteiger partial charge in [-0.3, -0.25) is 9.79 Å². The summed E-state index contributed by atoms with van der Waals surface area (Å²) in [6.07, 6.45) is 3.74. The van der Waals surface area contributed by atoms with Crippen molar-refractivity contribution in [3.63, 3.8) is 0 Å². The minimum absolute atomic E-state index is 0.0215. The lowest BCUT2D eigenvalue weighted by Crippen LogP contribution is -2.51. The largest absolute Gasteiger partial charge is 0.367 e. The molecular weight excluding hydrogens is 371 g/mol. The highest BCUT2D eigenvalue weighted by molar-refractivity contribution is 5.81. The summed E-state index contributed by atoms with van der Waals surface area (Å²) in [5.41, 5.74) is 0.952. The molecule has 0 bridgehead atoms. The number of morpholine rings is 1. The Kier molecular flexibility index (Phi) is 7.47. The molecule has 2 heterocycles. The van der Waals surface area contributed by atoms with Crippen molar-refractivity contribution in [2.45, 2.75) is 57.8 Å². The molecule has 0 aliphatic carbocycles. The molecule has 2 aliphatic heterocycles. The predicted molar refractivity (Wildman–Crippen MR) is 112 cm³/mol. The first kappa shape index (κ1) is 21.6. The molecular formula is C22H33FN4O2. The number of hydrogen-bond donors (Lipinski definition) is 1. The molecule has 0 radical (unpaired) electrons. The Morgan fingerprint density at radius 2 is 2.00 bits per heavy atom. The second kappa shape index (κ2) is 10.1. The normalized spacial score (nSPS) is 25.8. The van der Waals surface area contributed by atoms with Gasteiger partial charge >= 0.3 is 0 Å². The Labute approximate surface area is 173 Å². The first-order valence-corrected chi connectivity index (χ1v) is 10.6. The van der Waals surface area contributed by atoms with E-state index in [-0.39, 0.29) is 23.9 Å². The van der Waals surface area contributed by atoms with Crippen molar-refractivity contribution >= 4 is 11.9 Å². The zero-order valence-corrected chi connectivity index (χ0v) is 17.7. The van der Waals surface area contributed by atoms with Crippen molar-refractivity contribution in [3.05, 3.63) is 35.6 Å². The monoisotopic (exact) mass is 404 g/mol. The molecule has 7 heteroatoms. The van der Waals surface area contributed by atoms with Gasteiger partial charge < -0.3 is 19.9 Å². The van der Waals surface area contributed by atoms with Crippen molar-refractivity contribution < 1.29 is 13.9 Å². The summed E-state index contributed by atoms with van der Waals surface area (Å²) in [7, 11) is 1.75. The van der Waals surface area contributed by atoms with Crippen LogP contribution in [-0.2, 0) is 9.53 Å². The Bertz CT molecular complexity index is 709. The Morgan fingerprint density at radius 1 is 1.24 bits per heavy atom. The van der Waals surface area contributed by atoms with E-state index in [1.807, 2.05) is 11.8 Å². The van der Waals surface area contributed by atoms with E-state index in [1.54, 1.807) is 19.2 Å². The molecule has 2 saturated heterocycles. The fourth-order valence-corrected chi connectivity index (χ4v) is 4.21. The van der Waals surface area contributed by atoms with Crippen molar-refractivity contribution in [1.82, 2.24) is 15.1 Å². The van der Waals surface area contributed by atoms with E-state index in [2.05, 4.69) is 22.1 Å². The van der Waals surface area contributed by atoms with Crippen molar-refractivity contribution in [3.8, 4) is 0 Å². The average Bonchev–Trinajstić information content (AvgIpc) is 2.71. The number of carbonyl (C=O) groups excluding carboxylic acids is 1. The van der Waals surface area contributed by atoms with Crippen molar-refractivity contribution in [1.29, 1.82) is 0 Å². The van der Waals surface area contributed by atoms with Crippen LogP contribution >= 0.6 is 0 Å². The lowest BCUT2D eigenvalue weighted by Gasteiger charge is -2.39. The van der Waals surface area contributed by atoms with E-state index in [1.165, 1.54) is 18.6 Å². The third-order valence-electron chi connectivity index (χ3n) is 5.76. The molecule has 1 aromatic rings. The number of likely N-dealkylation sites (tertiary alicyclic amines) is 1. The summed E-state index contributed by atoms with van der Waals surface area (Å²) in [5, 5.41) is 3.34. The Morgan fingerprint density at radius 3 is 2.69 bits per heavy atom. The quantitative estimate of drug-likeness (QED) is 0.619. The molecule has 1 N–H and O–H groups in total. The number of amides is 1. The number of piperidine rings is 1. The fraction of sp³-hybridized carbons (Fsp3) is 0.636. The van der Waals surface area contributed by atoms with Gasteiger partial charge in [0.1, 0.15) is 11.9 Å². The van der Waals surface area contributed by atoms with Gasteiger partial charge in [-0.15, -0.1) is 0 Å². The summed E-state index contributed by atoms with van der Waals surface area (Å²) in [4.78, 5) is 21.1. The van der Waals surface area contributed by atoms with Gasteiger partial charge in [0.15, 0.2) is 5.96 Å². The molecule has 1 aromatic carbocycles. The van der Waals surface area contributed by atoms with E-state index in [0.29, 0.717) is 32.1 Å². The van der Waals surface area contributed by atoms with Crippen molar-refractivity contribution in [2.75, 3.05) is 33.2 Å². The minimum atomic E-state index is -0.250. The van der Waals surface area contributed by atoms with E-state index in [0.717, 1.165) is 30.9 Å². The third-order valence-corrected chi connectivity index (χ3v) is 5.76. The number of nitrogens with one attached hydrogen (secondary N) is 1. The van der Waals surface area contributed by atoms with Crippen LogP contribution in [0.1, 0.15) is 51.2 Å². The zero-order chi connectivity index (χ0) is 20.8. The molecule has 2 aliphatic rings. The molecule has 0 spiro atoms. The number of ether oxygens (including phenoxy) is 1. The van der Waals surface area contributed by atoms with Gasteiger partial charge in [-0.2, -0.15) is 0 Å². The summed E-state index contributed by atoms with van der Waals surface area (Å²) in [6, 6.07) is 6.80. The number of hydrogen-bond acceptors (Lipinski definition) is 3. The second-order valence-corrected chi connectivity index (χ2v) is 8.05. The van der Waals surface area contributed by atoms with Gasteiger partial charge in [0.2, 0.25) is 5.91 Å². The summed E-state index contributed by atoms with van der Waals surface area (Å²) in [5.74, 6) is 0.728. The van der Waals surface area contributed by atoms with Gasteiger partial charge in [0.05, 0.1) is 12.6 Å². The number of nitrogens with zero attached hydrogens (tertiary/aromatic N) is 3. The van der Waals surface area contributed by atoms with Crippen LogP contribution in [0.2, 0.25) is 0 Å². The molecule has 1 amide bonds. The Balaban J connectivity index is 1.54. The fourth-order valence-electron chi connectivity index (χ4n) is 4.21. The van der Waals surface area contributed by atoms with Gasteiger partial charge in [-0.1, -0.05) is 12.1 Å². The SMILES string of the molecule is CN=C(NCCC(=O)N1CCCCC1C)N1CC(C)OC(c2ccc(F)cc2)C1. The third kappa shape index (κ3) is 5.69. The van der Waals surface area contributed by atoms with Gasteiger partial charge in [0.25, 0.3) is 0 Å². The summed E-state index contributed by atoms with van der Waals surface area (Å²) < 4.78 is 19.3. The molecule has 6 nitrogen and oxygen atoms in total. The van der Waals surface area contributed by atoms with Crippen LogP contribution in [0.4, 0.5) is 4.39 Å². The van der Waals surface area contributed by atoms with Crippen LogP contribution in [0.3, 0.4) is 0 Å². The molecule has 2 fully saturated rings. The van der Waals surface area contributed by atoms with Crippen molar-refractivity contribution in [2.24, 2.45) is 4.99 Å². The van der Waals surface area contributed by atoms with Crippen LogP contribution in [-0.4, -0.2) is 67.0 Å². The molecule has 0 saturated carbocycles. The number of benzene rings is 1. The first-order chi connectivity index (χ1) is 14.0. The smallest absolute Gasteiger partial charge is 0.224 e. The number of guanidine groups is 1. The highest BCUT2D eigenvalue weighted by atomic mass is 19.1. The predicted octanol–water partition coefficient (Wildman–Crippen LogP) is 2.95. The lowest BCUT2D eigenvalue weighted by atomic mass is 10.0. The summed E-state index contributed by atoms with van der Waals surface area (Å²) in [6.45, 7) is 6.93. The maximum absolute atomic E-state index is 13.2. The second-order valence-electron chi connectivity index (χ2n) is 8.05. The number of halogens is 1. The maximum atomic E-state index is 13.2. The molecule has 160 valence electrons. The first-order valence-electron chi connectivity index (χ1n) is 10.6. The number of aliphatic imine (C=N–C) groups is 1. The molecule has 3 unspecified atom stereocenters. The molecule has 3 atom stereocenters. The minimum Gasteiger partial charge on any atom is -0.367 e. The number of rotatable bonds is 4. The van der Waals surface area contributed by atoms with Gasteiger partial charge in [-0.25, -0.2) is 4.39 Å². The number of carbonyl (C=O) groups is 1. The van der Waals surface area contributed by atoms with Gasteiger partial charge in [-0.05, 0) is 50.8 Å². The average molecular weight is 405 g/mol. The van der Waals surface area contributed by atoms with Crippen LogP contribution in [0.15, 0.2) is 29.3 Å². The molecule has 3 rings (SSSR count). The van der Waals surface area contributed by atoms with E-state index in [4.69, 9.17) is 4.74 Å². The van der Waals surface area contributed by atoms with E-state index >= 15 is 0 Å². The highest BCUT2D eigenvalue weighted by Gasteiger charge is 2.29. The van der Waals surface area contributed by atoms with Crippen LogP contribution in [0.25, 0.3) is 0 Å². The lowest BCUT2D eigenvalue weighted by molar-refractivity contribution is -0.134. The maximum Gasteiger partial charge on any atom is 0.224 e. The zero-order valence-electron chi connectivity index (χ0n) is 17.7. The molecule has 29 heavy (non-hydrogen) atoms. The standard InChI is InChI=1S/C22H33FN4O2/c1-16-6-4-5-13-27(16)21(28)11-12-25-22(24-3)26-14-17(2)29-20(15-26)18-7-9-19(23)10-8-18/h7-10,16-17,20H,4-6,11-15H2,1-3H3,(H,24,25). The van der Waals surface area contributed by atoms with E-state index in [9.17, 15) is 9.18 Å². The van der Waals surface area contributed by atoms with Crippen LogP contribution < -0.4 is 5.32 Å². The van der Waals surface area contributed by atoms with Gasteiger partial charge in [0, 0.05) is 39.1 Å².